The zero-order valence-corrected chi connectivity index (χ0v) is 10.5. The summed E-state index contributed by atoms with van der Waals surface area (Å²) in [6.07, 6.45) is 0. The fraction of sp³-hybridized carbons (Fsp3) is 0.154. The maximum Gasteiger partial charge on any atom is 0.238 e. The van der Waals surface area contributed by atoms with Crippen LogP contribution in [0.1, 0.15) is 5.56 Å². The number of nitrogens with two attached hydrogens (primary N) is 1. The van der Waals surface area contributed by atoms with Crippen molar-refractivity contribution in [3.05, 3.63) is 41.5 Å². The summed E-state index contributed by atoms with van der Waals surface area (Å²) in [5.41, 5.74) is 6.23. The summed E-state index contributed by atoms with van der Waals surface area (Å²) in [4.78, 5) is 4.03. The van der Waals surface area contributed by atoms with Crippen molar-refractivity contribution in [1.82, 2.24) is 4.98 Å². The lowest BCUT2D eigenvalue weighted by atomic mass is 10.2. The van der Waals surface area contributed by atoms with Crippen molar-refractivity contribution >= 4 is 17.2 Å². The largest absolute Gasteiger partial charge is 0.479 e. The number of aromatic nitrogens is 1. The highest BCUT2D eigenvalue weighted by Gasteiger charge is 2.09. The first-order valence-electron chi connectivity index (χ1n) is 5.54. The van der Waals surface area contributed by atoms with Crippen LogP contribution in [-0.2, 0) is 0 Å². The molecule has 0 unspecified atom stereocenters. The molecule has 0 atom stereocenters. The lowest BCUT2D eigenvalue weighted by Gasteiger charge is -2.10. The van der Waals surface area contributed by atoms with Crippen LogP contribution in [-0.4, -0.2) is 12.1 Å². The van der Waals surface area contributed by atoms with Gasteiger partial charge >= 0.3 is 0 Å². The van der Waals surface area contributed by atoms with Crippen LogP contribution < -0.4 is 15.8 Å². The van der Waals surface area contributed by atoms with Gasteiger partial charge in [-0.25, -0.2) is 8.78 Å². The van der Waals surface area contributed by atoms with Gasteiger partial charge in [0.05, 0.1) is 18.5 Å². The van der Waals surface area contributed by atoms with Gasteiger partial charge in [0.25, 0.3) is 0 Å². The summed E-state index contributed by atoms with van der Waals surface area (Å²) < 4.78 is 32.0. The van der Waals surface area contributed by atoms with E-state index in [9.17, 15) is 8.78 Å². The van der Waals surface area contributed by atoms with E-state index >= 15 is 0 Å². The molecule has 3 N–H and O–H groups in total. The van der Waals surface area contributed by atoms with Crippen LogP contribution in [0.3, 0.4) is 0 Å². The monoisotopic (exact) mass is 265 g/mol. The molecule has 0 aliphatic heterocycles. The fourth-order valence-electron chi connectivity index (χ4n) is 1.56. The summed E-state index contributed by atoms with van der Waals surface area (Å²) >= 11 is 0. The van der Waals surface area contributed by atoms with Crippen LogP contribution >= 0.6 is 0 Å². The molecule has 0 saturated carbocycles. The van der Waals surface area contributed by atoms with Gasteiger partial charge in [0.1, 0.15) is 17.5 Å². The Morgan fingerprint density at radius 1 is 1.21 bits per heavy atom. The second-order valence-electron chi connectivity index (χ2n) is 4.00. The zero-order chi connectivity index (χ0) is 14.0. The number of methoxy groups -OCH3 is 1. The van der Waals surface area contributed by atoms with Crippen molar-refractivity contribution in [2.24, 2.45) is 0 Å². The van der Waals surface area contributed by atoms with Crippen molar-refractivity contribution in [2.45, 2.75) is 6.92 Å². The number of anilines is 3. The molecule has 0 fully saturated rings. The standard InChI is InChI=1S/C13H13F2N3O/c1-7-5-9(15)11(6-8(7)14)17-12-4-3-10(16)13(18-12)19-2/h3-6H,16H2,1-2H3,(H,17,18). The Hall–Kier alpha value is -2.37. The number of hydrogen-bond donors (Lipinski definition) is 2. The predicted molar refractivity (Wildman–Crippen MR) is 69.6 cm³/mol. The quantitative estimate of drug-likeness (QED) is 0.895. The maximum atomic E-state index is 13.7. The summed E-state index contributed by atoms with van der Waals surface area (Å²) in [5.74, 6) is -0.519. The number of benzene rings is 1. The molecule has 1 heterocycles. The van der Waals surface area contributed by atoms with E-state index < -0.39 is 11.6 Å². The first-order valence-corrected chi connectivity index (χ1v) is 5.54. The Kier molecular flexibility index (Phi) is 3.50. The zero-order valence-electron chi connectivity index (χ0n) is 10.5. The molecule has 0 aliphatic rings. The summed E-state index contributed by atoms with van der Waals surface area (Å²) in [5, 5.41) is 2.68. The van der Waals surface area contributed by atoms with Crippen molar-refractivity contribution in [3.8, 4) is 5.88 Å². The summed E-state index contributed by atoms with van der Waals surface area (Å²) in [7, 11) is 1.43. The van der Waals surface area contributed by atoms with Gasteiger partial charge in [0.2, 0.25) is 5.88 Å². The molecule has 1 aromatic heterocycles. The third-order valence-corrected chi connectivity index (χ3v) is 2.59. The number of nitrogens with one attached hydrogen (secondary N) is 1. The summed E-state index contributed by atoms with van der Waals surface area (Å²) in [6, 6.07) is 5.31. The molecule has 2 aromatic rings. The second-order valence-corrected chi connectivity index (χ2v) is 4.00. The predicted octanol–water partition coefficient (Wildman–Crippen LogP) is 3.00. The highest BCUT2D eigenvalue weighted by Crippen LogP contribution is 2.25. The molecule has 0 aliphatic carbocycles. The first kappa shape index (κ1) is 13.1. The molecule has 2 rings (SSSR count). The van der Waals surface area contributed by atoms with E-state index in [0.717, 1.165) is 12.1 Å². The molecular weight excluding hydrogens is 252 g/mol. The lowest BCUT2D eigenvalue weighted by molar-refractivity contribution is 0.401. The maximum absolute atomic E-state index is 13.7. The van der Waals surface area contributed by atoms with Gasteiger partial charge < -0.3 is 15.8 Å². The molecule has 6 heteroatoms. The molecule has 0 bridgehead atoms. The van der Waals surface area contributed by atoms with E-state index in [1.807, 2.05) is 0 Å². The molecule has 4 nitrogen and oxygen atoms in total. The first-order chi connectivity index (χ1) is 9.01. The number of rotatable bonds is 3. The number of aryl methyl sites for hydroxylation is 1. The molecule has 0 spiro atoms. The second kappa shape index (κ2) is 5.09. The minimum Gasteiger partial charge on any atom is -0.479 e. The van der Waals surface area contributed by atoms with Crippen LogP contribution in [0, 0.1) is 18.6 Å². The molecule has 19 heavy (non-hydrogen) atoms. The minimum absolute atomic E-state index is 0.00224. The number of halogens is 2. The van der Waals surface area contributed by atoms with Crippen LogP contribution in [0.2, 0.25) is 0 Å². The third-order valence-electron chi connectivity index (χ3n) is 2.59. The number of nitrogens with zero attached hydrogens (tertiary/aromatic N) is 1. The van der Waals surface area contributed by atoms with Gasteiger partial charge in [-0.2, -0.15) is 4.98 Å². The molecule has 0 amide bonds. The smallest absolute Gasteiger partial charge is 0.238 e. The van der Waals surface area contributed by atoms with Crippen LogP contribution in [0.4, 0.5) is 26.0 Å². The van der Waals surface area contributed by atoms with E-state index in [2.05, 4.69) is 10.3 Å². The van der Waals surface area contributed by atoms with Crippen molar-refractivity contribution in [1.29, 1.82) is 0 Å². The topological polar surface area (TPSA) is 60.2 Å². The summed E-state index contributed by atoms with van der Waals surface area (Å²) in [6.45, 7) is 1.49. The van der Waals surface area contributed by atoms with E-state index in [1.165, 1.54) is 14.0 Å². The Labute approximate surface area is 109 Å². The number of ether oxygens (including phenoxy) is 1. The molecule has 100 valence electrons. The lowest BCUT2D eigenvalue weighted by Crippen LogP contribution is -2.01. The van der Waals surface area contributed by atoms with E-state index in [1.54, 1.807) is 12.1 Å². The Morgan fingerprint density at radius 3 is 2.63 bits per heavy atom. The minimum atomic E-state index is -0.559. The number of pyridine rings is 1. The van der Waals surface area contributed by atoms with Gasteiger partial charge in [0.15, 0.2) is 0 Å². The van der Waals surface area contributed by atoms with Crippen molar-refractivity contribution in [3.63, 3.8) is 0 Å². The van der Waals surface area contributed by atoms with E-state index in [4.69, 9.17) is 10.5 Å². The van der Waals surface area contributed by atoms with Crippen LogP contribution in [0.5, 0.6) is 5.88 Å². The Balaban J connectivity index is 2.33. The van der Waals surface area contributed by atoms with Crippen molar-refractivity contribution < 1.29 is 13.5 Å². The van der Waals surface area contributed by atoms with Crippen LogP contribution in [0.25, 0.3) is 0 Å². The van der Waals surface area contributed by atoms with Gasteiger partial charge in [0, 0.05) is 6.07 Å². The third kappa shape index (κ3) is 2.73. The van der Waals surface area contributed by atoms with Gasteiger partial charge in [-0.05, 0) is 30.7 Å². The average Bonchev–Trinajstić information content (AvgIpc) is 2.38. The molecule has 1 aromatic carbocycles. The SMILES string of the molecule is COc1nc(Nc2cc(F)c(C)cc2F)ccc1N. The highest BCUT2D eigenvalue weighted by molar-refractivity contribution is 5.61. The van der Waals surface area contributed by atoms with E-state index in [-0.39, 0.29) is 17.1 Å². The Morgan fingerprint density at radius 2 is 1.95 bits per heavy atom. The molecular formula is C13H13F2N3O. The van der Waals surface area contributed by atoms with E-state index in [0.29, 0.717) is 11.5 Å². The molecule has 0 saturated heterocycles. The highest BCUT2D eigenvalue weighted by atomic mass is 19.1. The van der Waals surface area contributed by atoms with Crippen LogP contribution in [0.15, 0.2) is 24.3 Å². The van der Waals surface area contributed by atoms with Gasteiger partial charge in [-0.3, -0.25) is 0 Å². The Bertz CT molecular complexity index is 617. The van der Waals surface area contributed by atoms with Crippen molar-refractivity contribution in [2.75, 3.05) is 18.2 Å². The fourth-order valence-corrected chi connectivity index (χ4v) is 1.56. The van der Waals surface area contributed by atoms with Gasteiger partial charge in [-0.15, -0.1) is 0 Å². The molecule has 0 radical (unpaired) electrons. The average molecular weight is 265 g/mol. The number of nitrogen functional groups attached to an aromatic ring is 1. The number of hydrogen-bond acceptors (Lipinski definition) is 4. The van der Waals surface area contributed by atoms with Gasteiger partial charge in [-0.1, -0.05) is 0 Å². The normalized spacial score (nSPS) is 10.3.